The number of likely N-dealkylation sites (tertiary alicyclic amines) is 1. The first-order valence-electron chi connectivity index (χ1n) is 8.84. The molecule has 0 spiro atoms. The maximum atomic E-state index is 12.9. The molecular formula is C20H21N3O4. The molecule has 1 fully saturated rings. The van der Waals surface area contributed by atoms with Gasteiger partial charge in [0.15, 0.2) is 0 Å². The number of benzene rings is 1. The van der Waals surface area contributed by atoms with Crippen LogP contribution in [0.5, 0.6) is 0 Å². The number of carbonyl (C=O) groups excluding carboxylic acids is 2. The smallest absolute Gasteiger partial charge is 0.354 e. The molecule has 0 bridgehead atoms. The molecule has 2 amide bonds. The number of piperidine rings is 1. The van der Waals surface area contributed by atoms with Crippen molar-refractivity contribution in [2.45, 2.75) is 19.8 Å². The molecule has 2 N–H and O–H groups in total. The number of carbonyl (C=O) groups is 3. The van der Waals surface area contributed by atoms with Gasteiger partial charge in [-0.2, -0.15) is 0 Å². The molecule has 1 aromatic heterocycles. The Hall–Kier alpha value is -3.22. The molecule has 3 rings (SSSR count). The van der Waals surface area contributed by atoms with E-state index in [4.69, 9.17) is 5.11 Å². The first kappa shape index (κ1) is 18.6. The lowest BCUT2D eigenvalue weighted by molar-refractivity contribution is 0.0684. The van der Waals surface area contributed by atoms with Crippen LogP contribution in [0.1, 0.15) is 51.0 Å². The van der Waals surface area contributed by atoms with Crippen LogP contribution in [0.4, 0.5) is 5.69 Å². The molecule has 0 atom stereocenters. The topological polar surface area (TPSA) is 99.6 Å². The van der Waals surface area contributed by atoms with E-state index in [9.17, 15) is 14.4 Å². The van der Waals surface area contributed by atoms with Crippen molar-refractivity contribution in [2.75, 3.05) is 18.4 Å². The first-order chi connectivity index (χ1) is 13.0. The molecule has 0 saturated carbocycles. The molecule has 1 aliphatic heterocycles. The van der Waals surface area contributed by atoms with Crippen LogP contribution in [0.25, 0.3) is 0 Å². The highest BCUT2D eigenvalue weighted by molar-refractivity contribution is 6.09. The molecule has 1 saturated heterocycles. The average Bonchev–Trinajstić information content (AvgIpc) is 2.68. The monoisotopic (exact) mass is 367 g/mol. The highest BCUT2D eigenvalue weighted by Gasteiger charge is 2.23. The molecule has 0 radical (unpaired) electrons. The third kappa shape index (κ3) is 4.31. The summed E-state index contributed by atoms with van der Waals surface area (Å²) in [6.07, 6.45) is 3.20. The number of rotatable bonds is 4. The average molecular weight is 367 g/mol. The number of hydrogen-bond acceptors (Lipinski definition) is 4. The number of nitrogens with one attached hydrogen (secondary N) is 1. The van der Waals surface area contributed by atoms with Gasteiger partial charge < -0.3 is 15.3 Å². The number of carboxylic acids is 1. The predicted molar refractivity (Wildman–Crippen MR) is 99.9 cm³/mol. The van der Waals surface area contributed by atoms with Gasteiger partial charge in [0.2, 0.25) is 0 Å². The fraction of sp³-hybridized carbons (Fsp3) is 0.300. The third-order valence-electron chi connectivity index (χ3n) is 4.72. The fourth-order valence-corrected chi connectivity index (χ4v) is 3.04. The third-order valence-corrected chi connectivity index (χ3v) is 4.72. The molecular weight excluding hydrogens is 346 g/mol. The summed E-state index contributed by atoms with van der Waals surface area (Å²) >= 11 is 0. The standard InChI is InChI=1S/C20H21N3O4/c1-13-7-10-23(11-8-13)19(25)15-4-2-3-5-16(15)22-18(24)14-6-9-21-17(12-14)20(26)27/h2-6,9,12-13H,7-8,10-11H2,1H3,(H,22,24)(H,26,27). The van der Waals surface area contributed by atoms with Crippen LogP contribution >= 0.6 is 0 Å². The van der Waals surface area contributed by atoms with Gasteiger partial charge in [-0.25, -0.2) is 9.78 Å². The minimum atomic E-state index is -1.21. The van der Waals surface area contributed by atoms with E-state index in [1.165, 1.54) is 18.3 Å². The van der Waals surface area contributed by atoms with E-state index in [1.807, 2.05) is 0 Å². The Morgan fingerprint density at radius 2 is 1.85 bits per heavy atom. The van der Waals surface area contributed by atoms with Crippen LogP contribution in [0.3, 0.4) is 0 Å². The number of hydrogen-bond donors (Lipinski definition) is 2. The van der Waals surface area contributed by atoms with Crippen LogP contribution in [0.2, 0.25) is 0 Å². The lowest BCUT2D eigenvalue weighted by Gasteiger charge is -2.30. The van der Waals surface area contributed by atoms with Gasteiger partial charge in [-0.3, -0.25) is 9.59 Å². The lowest BCUT2D eigenvalue weighted by Crippen LogP contribution is -2.38. The van der Waals surface area contributed by atoms with Gasteiger partial charge in [-0.1, -0.05) is 19.1 Å². The van der Waals surface area contributed by atoms with Crippen molar-refractivity contribution >= 4 is 23.5 Å². The number of nitrogens with zero attached hydrogens (tertiary/aromatic N) is 2. The summed E-state index contributed by atoms with van der Waals surface area (Å²) in [5.41, 5.74) is 0.777. The number of aromatic nitrogens is 1. The lowest BCUT2D eigenvalue weighted by atomic mass is 9.98. The van der Waals surface area contributed by atoms with E-state index >= 15 is 0 Å². The van der Waals surface area contributed by atoms with Gasteiger partial charge in [0.05, 0.1) is 11.3 Å². The van der Waals surface area contributed by atoms with Gasteiger partial charge in [-0.05, 0) is 43.0 Å². The van der Waals surface area contributed by atoms with Crippen LogP contribution < -0.4 is 5.32 Å². The van der Waals surface area contributed by atoms with Gasteiger partial charge >= 0.3 is 5.97 Å². The van der Waals surface area contributed by atoms with Crippen molar-refractivity contribution in [3.63, 3.8) is 0 Å². The van der Waals surface area contributed by atoms with Gasteiger partial charge in [0, 0.05) is 24.8 Å². The highest BCUT2D eigenvalue weighted by atomic mass is 16.4. The molecule has 27 heavy (non-hydrogen) atoms. The molecule has 1 aliphatic rings. The first-order valence-corrected chi connectivity index (χ1v) is 8.84. The van der Waals surface area contributed by atoms with Gasteiger partial charge in [0.25, 0.3) is 11.8 Å². The van der Waals surface area contributed by atoms with Crippen LogP contribution in [0.15, 0.2) is 42.6 Å². The Kier molecular flexibility index (Phi) is 5.49. The summed E-state index contributed by atoms with van der Waals surface area (Å²) < 4.78 is 0. The van der Waals surface area contributed by atoms with E-state index in [1.54, 1.807) is 29.2 Å². The quantitative estimate of drug-likeness (QED) is 0.865. The molecule has 0 aliphatic carbocycles. The van der Waals surface area contributed by atoms with Crippen molar-refractivity contribution in [1.82, 2.24) is 9.88 Å². The minimum absolute atomic E-state index is 0.112. The Labute approximate surface area is 157 Å². The summed E-state index contributed by atoms with van der Waals surface area (Å²) in [7, 11) is 0. The minimum Gasteiger partial charge on any atom is -0.477 e. The largest absolute Gasteiger partial charge is 0.477 e. The van der Waals surface area contributed by atoms with Crippen molar-refractivity contribution in [1.29, 1.82) is 0 Å². The van der Waals surface area contributed by atoms with Crippen LogP contribution in [-0.4, -0.2) is 45.9 Å². The van der Waals surface area contributed by atoms with Gasteiger partial charge in [0.1, 0.15) is 5.69 Å². The fourth-order valence-electron chi connectivity index (χ4n) is 3.04. The summed E-state index contributed by atoms with van der Waals surface area (Å²) in [4.78, 5) is 41.9. The summed E-state index contributed by atoms with van der Waals surface area (Å²) in [5.74, 6) is -1.20. The van der Waals surface area contributed by atoms with Crippen molar-refractivity contribution in [2.24, 2.45) is 5.92 Å². The van der Waals surface area contributed by atoms with Crippen molar-refractivity contribution in [3.05, 3.63) is 59.4 Å². The second-order valence-corrected chi connectivity index (χ2v) is 6.71. The SMILES string of the molecule is CC1CCN(C(=O)c2ccccc2NC(=O)c2ccnc(C(=O)O)c2)CC1. The van der Waals surface area contributed by atoms with E-state index in [0.29, 0.717) is 30.3 Å². The number of anilines is 1. The molecule has 7 heteroatoms. The summed E-state index contributed by atoms with van der Waals surface area (Å²) in [6.45, 7) is 3.58. The zero-order chi connectivity index (χ0) is 19.4. The van der Waals surface area contributed by atoms with Crippen molar-refractivity contribution in [3.8, 4) is 0 Å². The number of aromatic carboxylic acids is 1. The molecule has 7 nitrogen and oxygen atoms in total. The Morgan fingerprint density at radius 3 is 2.56 bits per heavy atom. The number of amides is 2. The maximum Gasteiger partial charge on any atom is 0.354 e. The Bertz CT molecular complexity index is 873. The summed E-state index contributed by atoms with van der Waals surface area (Å²) in [5, 5.41) is 11.7. The Morgan fingerprint density at radius 1 is 1.15 bits per heavy atom. The van der Waals surface area contributed by atoms with Crippen LogP contribution in [0, 0.1) is 5.92 Å². The summed E-state index contributed by atoms with van der Waals surface area (Å²) in [6, 6.07) is 9.47. The Balaban J connectivity index is 1.80. The van der Waals surface area contributed by atoms with E-state index in [-0.39, 0.29) is 17.2 Å². The molecule has 1 aromatic carbocycles. The zero-order valence-corrected chi connectivity index (χ0v) is 15.0. The number of para-hydroxylation sites is 1. The van der Waals surface area contributed by atoms with Gasteiger partial charge in [-0.15, -0.1) is 0 Å². The molecule has 2 aromatic rings. The predicted octanol–water partition coefficient (Wildman–Crippen LogP) is 2.90. The maximum absolute atomic E-state index is 12.9. The second-order valence-electron chi connectivity index (χ2n) is 6.71. The number of carboxylic acid groups (broad SMARTS) is 1. The molecule has 2 heterocycles. The molecule has 0 unspecified atom stereocenters. The molecule has 140 valence electrons. The van der Waals surface area contributed by atoms with E-state index in [2.05, 4.69) is 17.2 Å². The van der Waals surface area contributed by atoms with Crippen LogP contribution in [-0.2, 0) is 0 Å². The second kappa shape index (κ2) is 7.99. The van der Waals surface area contributed by atoms with E-state index < -0.39 is 11.9 Å². The normalized spacial score (nSPS) is 14.6. The van der Waals surface area contributed by atoms with E-state index in [0.717, 1.165) is 12.8 Å². The number of pyridine rings is 1. The van der Waals surface area contributed by atoms with Crippen molar-refractivity contribution < 1.29 is 19.5 Å². The highest BCUT2D eigenvalue weighted by Crippen LogP contribution is 2.22. The zero-order valence-electron chi connectivity index (χ0n) is 15.0.